The van der Waals surface area contributed by atoms with Crippen molar-refractivity contribution in [1.82, 2.24) is 0 Å². The number of aliphatic imine (C=N–C) groups is 2. The van der Waals surface area contributed by atoms with Crippen LogP contribution in [0, 0.1) is 0 Å². The molecule has 2 aromatic heterocycles. The van der Waals surface area contributed by atoms with Crippen molar-refractivity contribution in [2.75, 3.05) is 0 Å². The average molecular weight is 371 g/mol. The molecule has 1 aliphatic rings. The summed E-state index contributed by atoms with van der Waals surface area (Å²) in [5, 5.41) is 8.50. The van der Waals surface area contributed by atoms with Crippen molar-refractivity contribution in [1.29, 1.82) is 0 Å². The maximum absolute atomic E-state index is 5.07. The first kappa shape index (κ1) is 15.4. The van der Waals surface area contributed by atoms with Crippen LogP contribution in [0.25, 0.3) is 0 Å². The third kappa shape index (κ3) is 2.64. The minimum absolute atomic E-state index is 0.980. The van der Waals surface area contributed by atoms with Gasteiger partial charge in [0, 0.05) is 43.8 Å². The number of hydrogen-bond donors (Lipinski definition) is 0. The summed E-state index contributed by atoms with van der Waals surface area (Å²) in [5.41, 5.74) is 8.33. The lowest BCUT2D eigenvalue weighted by Crippen LogP contribution is -2.07. The van der Waals surface area contributed by atoms with E-state index in [-0.39, 0.29) is 0 Å². The van der Waals surface area contributed by atoms with E-state index in [1.165, 1.54) is 0 Å². The van der Waals surface area contributed by atoms with Crippen molar-refractivity contribution in [3.05, 3.63) is 104 Å². The lowest BCUT2D eigenvalue weighted by molar-refractivity contribution is 1.44. The summed E-state index contributed by atoms with van der Waals surface area (Å²) < 4.78 is 0. The number of hydrogen-bond acceptors (Lipinski definition) is 4. The van der Waals surface area contributed by atoms with Crippen LogP contribution < -0.4 is 0 Å². The second kappa shape index (κ2) is 6.48. The Labute approximate surface area is 159 Å². The zero-order valence-electron chi connectivity index (χ0n) is 13.8. The van der Waals surface area contributed by atoms with E-state index in [0.29, 0.717) is 0 Å². The summed E-state index contributed by atoms with van der Waals surface area (Å²) in [5.74, 6) is 0. The van der Waals surface area contributed by atoms with Gasteiger partial charge in [-0.25, -0.2) is 9.98 Å². The predicted octanol–water partition coefficient (Wildman–Crippen LogP) is 6.46. The average Bonchev–Trinajstić information content (AvgIpc) is 3.33. The quantitative estimate of drug-likeness (QED) is 0.341. The van der Waals surface area contributed by atoms with Crippen LogP contribution in [-0.2, 0) is 0 Å². The summed E-state index contributed by atoms with van der Waals surface area (Å²) in [6.07, 6.45) is 0. The molecule has 0 bridgehead atoms. The van der Waals surface area contributed by atoms with Crippen LogP contribution in [0.3, 0.4) is 0 Å². The fourth-order valence-electron chi connectivity index (χ4n) is 3.10. The van der Waals surface area contributed by atoms with E-state index in [4.69, 9.17) is 9.98 Å². The largest absolute Gasteiger partial charge is 0.246 e. The number of nitrogens with zero attached hydrogens (tertiary/aromatic N) is 2. The standard InChI is InChI=1S/C22H14N2S2/c1-3-7-15(8-4-1)21-17-11-25-13-19(17)24-22(16-9-5-2-6-10-16)18-12-26-14-20(18)23-21/h1-14H. The molecule has 0 saturated heterocycles. The van der Waals surface area contributed by atoms with Crippen molar-refractivity contribution >= 4 is 45.5 Å². The summed E-state index contributed by atoms with van der Waals surface area (Å²) in [4.78, 5) is 10.1. The SMILES string of the molecule is c1ccc(C2=Nc3cscc3C(c3ccccc3)=Nc3cscc32)cc1. The topological polar surface area (TPSA) is 24.7 Å². The molecule has 0 spiro atoms. The minimum atomic E-state index is 0.980. The van der Waals surface area contributed by atoms with Gasteiger partial charge in [-0.05, 0) is 0 Å². The highest BCUT2D eigenvalue weighted by atomic mass is 32.1. The van der Waals surface area contributed by atoms with Gasteiger partial charge in [-0.1, -0.05) is 60.7 Å². The molecule has 2 aromatic carbocycles. The molecule has 2 nitrogen and oxygen atoms in total. The Balaban J connectivity index is 1.78. The van der Waals surface area contributed by atoms with Gasteiger partial charge in [0.15, 0.2) is 0 Å². The molecule has 0 radical (unpaired) electrons. The Morgan fingerprint density at radius 1 is 0.500 bits per heavy atom. The predicted molar refractivity (Wildman–Crippen MR) is 112 cm³/mol. The molecule has 0 unspecified atom stereocenters. The number of thiophene rings is 2. The normalized spacial score (nSPS) is 13.1. The van der Waals surface area contributed by atoms with Crippen LogP contribution in [0.15, 0.2) is 92.2 Å². The third-order valence-electron chi connectivity index (χ3n) is 4.35. The number of benzene rings is 2. The molecule has 4 aromatic rings. The monoisotopic (exact) mass is 370 g/mol. The lowest BCUT2D eigenvalue weighted by atomic mass is 10.00. The van der Waals surface area contributed by atoms with Crippen LogP contribution >= 0.6 is 22.7 Å². The molecule has 124 valence electrons. The van der Waals surface area contributed by atoms with Gasteiger partial charge in [0.25, 0.3) is 0 Å². The summed E-state index contributed by atoms with van der Waals surface area (Å²) >= 11 is 3.33. The zero-order chi connectivity index (χ0) is 17.3. The number of rotatable bonds is 2. The van der Waals surface area contributed by atoms with Gasteiger partial charge < -0.3 is 0 Å². The van der Waals surface area contributed by atoms with Crippen LogP contribution in [0.1, 0.15) is 22.3 Å². The summed E-state index contributed by atoms with van der Waals surface area (Å²) in [6, 6.07) is 20.7. The van der Waals surface area contributed by atoms with Crippen molar-refractivity contribution in [3.8, 4) is 0 Å². The Bertz CT molecular complexity index is 1030. The smallest absolute Gasteiger partial charge is 0.0838 e. The van der Waals surface area contributed by atoms with Crippen molar-refractivity contribution in [3.63, 3.8) is 0 Å². The van der Waals surface area contributed by atoms with Gasteiger partial charge in [-0.3, -0.25) is 0 Å². The molecule has 0 atom stereocenters. The van der Waals surface area contributed by atoms with Gasteiger partial charge >= 0.3 is 0 Å². The fraction of sp³-hybridized carbons (Fsp3) is 0. The van der Waals surface area contributed by atoms with E-state index in [9.17, 15) is 0 Å². The van der Waals surface area contributed by atoms with Crippen LogP contribution in [0.5, 0.6) is 0 Å². The lowest BCUT2D eigenvalue weighted by Gasteiger charge is -2.13. The van der Waals surface area contributed by atoms with E-state index < -0.39 is 0 Å². The van der Waals surface area contributed by atoms with Gasteiger partial charge in [-0.2, -0.15) is 0 Å². The molecule has 5 rings (SSSR count). The van der Waals surface area contributed by atoms with Gasteiger partial charge in [0.05, 0.1) is 22.8 Å². The molecule has 4 heteroatoms. The molecule has 26 heavy (non-hydrogen) atoms. The maximum atomic E-state index is 5.07. The highest BCUT2D eigenvalue weighted by Crippen LogP contribution is 2.36. The molecule has 0 amide bonds. The fourth-order valence-corrected chi connectivity index (χ4v) is 4.59. The van der Waals surface area contributed by atoms with Crippen molar-refractivity contribution < 1.29 is 0 Å². The van der Waals surface area contributed by atoms with Crippen molar-refractivity contribution in [2.45, 2.75) is 0 Å². The zero-order valence-corrected chi connectivity index (χ0v) is 15.4. The first-order valence-electron chi connectivity index (χ1n) is 8.31. The maximum Gasteiger partial charge on any atom is 0.0838 e. The first-order valence-corrected chi connectivity index (χ1v) is 10.2. The minimum Gasteiger partial charge on any atom is -0.246 e. The van der Waals surface area contributed by atoms with E-state index in [1.807, 2.05) is 12.1 Å². The second-order valence-electron chi connectivity index (χ2n) is 5.99. The Morgan fingerprint density at radius 2 is 0.923 bits per heavy atom. The van der Waals surface area contributed by atoms with Gasteiger partial charge in [-0.15, -0.1) is 22.7 Å². The third-order valence-corrected chi connectivity index (χ3v) is 5.81. The molecule has 3 heterocycles. The van der Waals surface area contributed by atoms with E-state index in [2.05, 4.69) is 70.1 Å². The van der Waals surface area contributed by atoms with E-state index in [1.54, 1.807) is 22.7 Å². The van der Waals surface area contributed by atoms with E-state index in [0.717, 1.165) is 45.1 Å². The molecule has 0 N–H and O–H groups in total. The number of fused-ring (bicyclic) bond motifs is 2. The Kier molecular flexibility index (Phi) is 3.85. The Hall–Kier alpha value is -2.82. The van der Waals surface area contributed by atoms with E-state index >= 15 is 0 Å². The van der Waals surface area contributed by atoms with Gasteiger partial charge in [0.1, 0.15) is 0 Å². The Morgan fingerprint density at radius 3 is 1.35 bits per heavy atom. The van der Waals surface area contributed by atoms with Crippen LogP contribution in [0.4, 0.5) is 11.4 Å². The van der Waals surface area contributed by atoms with Gasteiger partial charge in [0.2, 0.25) is 0 Å². The molecular weight excluding hydrogens is 356 g/mol. The van der Waals surface area contributed by atoms with Crippen molar-refractivity contribution in [2.24, 2.45) is 9.98 Å². The highest BCUT2D eigenvalue weighted by Gasteiger charge is 2.20. The summed E-state index contributed by atoms with van der Waals surface area (Å²) in [7, 11) is 0. The second-order valence-corrected chi connectivity index (χ2v) is 7.48. The molecular formula is C22H14N2S2. The molecule has 1 aliphatic heterocycles. The molecule has 0 aliphatic carbocycles. The molecule has 0 saturated carbocycles. The summed E-state index contributed by atoms with van der Waals surface area (Å²) in [6.45, 7) is 0. The first-order chi connectivity index (χ1) is 12.9. The molecule has 0 fully saturated rings. The van der Waals surface area contributed by atoms with Crippen LogP contribution in [0.2, 0.25) is 0 Å². The highest BCUT2D eigenvalue weighted by molar-refractivity contribution is 7.09. The van der Waals surface area contributed by atoms with Crippen LogP contribution in [-0.4, -0.2) is 11.4 Å².